The molecule has 6 heteroatoms. The van der Waals surface area contributed by atoms with E-state index in [0.717, 1.165) is 43.1 Å². The van der Waals surface area contributed by atoms with Gasteiger partial charge in [-0.2, -0.15) is 0 Å². The molecule has 0 radical (unpaired) electrons. The largest absolute Gasteiger partial charge is 0.494 e. The fourth-order valence-electron chi connectivity index (χ4n) is 3.95. The number of benzene rings is 1. The molecule has 0 atom stereocenters. The third-order valence-electron chi connectivity index (χ3n) is 5.44. The normalized spacial score (nSPS) is 14.9. The number of carbonyl (C=O) groups is 1. The number of pyridine rings is 1. The summed E-state index contributed by atoms with van der Waals surface area (Å²) >= 11 is 1.80. The van der Waals surface area contributed by atoms with Crippen LogP contribution in [0.5, 0.6) is 5.75 Å². The molecule has 5 nitrogen and oxygen atoms in total. The van der Waals surface area contributed by atoms with Crippen molar-refractivity contribution in [3.63, 3.8) is 0 Å². The molecule has 1 N–H and O–H groups in total. The lowest BCUT2D eigenvalue weighted by Gasteiger charge is -2.32. The molecule has 3 heterocycles. The van der Waals surface area contributed by atoms with Gasteiger partial charge in [0.2, 0.25) is 5.91 Å². The van der Waals surface area contributed by atoms with Crippen LogP contribution in [-0.2, 0) is 11.3 Å². The molecule has 1 saturated heterocycles. The van der Waals surface area contributed by atoms with E-state index in [4.69, 9.17) is 4.74 Å². The van der Waals surface area contributed by atoms with Crippen LogP contribution in [0.4, 0.5) is 5.82 Å². The quantitative estimate of drug-likeness (QED) is 0.650. The van der Waals surface area contributed by atoms with Gasteiger partial charge < -0.3 is 15.0 Å². The molecule has 0 bridgehead atoms. The van der Waals surface area contributed by atoms with Crippen molar-refractivity contribution in [2.24, 2.45) is 5.92 Å². The van der Waals surface area contributed by atoms with E-state index in [-0.39, 0.29) is 11.8 Å². The zero-order valence-corrected chi connectivity index (χ0v) is 17.8. The monoisotopic (exact) mass is 409 g/mol. The first-order valence-electron chi connectivity index (χ1n) is 10.2. The second kappa shape index (κ2) is 8.82. The van der Waals surface area contributed by atoms with Gasteiger partial charge >= 0.3 is 0 Å². The number of thiophene rings is 1. The molecule has 1 aliphatic heterocycles. The van der Waals surface area contributed by atoms with Gasteiger partial charge in [-0.1, -0.05) is 18.2 Å². The van der Waals surface area contributed by atoms with Crippen LogP contribution >= 0.6 is 11.3 Å². The number of anilines is 1. The Morgan fingerprint density at radius 3 is 2.86 bits per heavy atom. The first kappa shape index (κ1) is 19.7. The van der Waals surface area contributed by atoms with Crippen LogP contribution in [0.15, 0.2) is 42.6 Å². The topological polar surface area (TPSA) is 54.5 Å². The van der Waals surface area contributed by atoms with E-state index in [9.17, 15) is 4.79 Å². The van der Waals surface area contributed by atoms with Gasteiger partial charge in [0.15, 0.2) is 0 Å². The Labute approximate surface area is 175 Å². The highest BCUT2D eigenvalue weighted by Gasteiger charge is 2.26. The molecule has 1 amide bonds. The summed E-state index contributed by atoms with van der Waals surface area (Å²) < 4.78 is 6.93. The molecule has 3 aromatic rings. The minimum Gasteiger partial charge on any atom is -0.494 e. The summed E-state index contributed by atoms with van der Waals surface area (Å²) in [4.78, 5) is 21.0. The highest BCUT2D eigenvalue weighted by Crippen LogP contribution is 2.33. The van der Waals surface area contributed by atoms with Crippen molar-refractivity contribution in [3.05, 3.63) is 53.0 Å². The molecule has 0 spiro atoms. The van der Waals surface area contributed by atoms with Gasteiger partial charge in [-0.05, 0) is 44.9 Å². The van der Waals surface area contributed by atoms with Crippen molar-refractivity contribution >= 4 is 33.1 Å². The minimum atomic E-state index is 0.0499. The van der Waals surface area contributed by atoms with Crippen LogP contribution in [0.3, 0.4) is 0 Å². The van der Waals surface area contributed by atoms with Crippen molar-refractivity contribution in [2.75, 3.05) is 24.6 Å². The smallest absolute Gasteiger partial charge is 0.223 e. The summed E-state index contributed by atoms with van der Waals surface area (Å²) in [5.41, 5.74) is 1.02. The number of amides is 1. The predicted molar refractivity (Wildman–Crippen MR) is 119 cm³/mol. The van der Waals surface area contributed by atoms with Crippen molar-refractivity contribution in [2.45, 2.75) is 33.2 Å². The molecule has 1 fully saturated rings. The van der Waals surface area contributed by atoms with Gasteiger partial charge in [0.25, 0.3) is 0 Å². The van der Waals surface area contributed by atoms with Crippen molar-refractivity contribution in [3.8, 4) is 5.75 Å². The Balaban J connectivity index is 1.35. The number of carbonyl (C=O) groups excluding carboxylic acids is 1. The van der Waals surface area contributed by atoms with Gasteiger partial charge in [0, 0.05) is 52.3 Å². The fraction of sp³-hybridized carbons (Fsp3) is 0.391. The van der Waals surface area contributed by atoms with Crippen LogP contribution in [-0.4, -0.2) is 30.6 Å². The third-order valence-corrected chi connectivity index (χ3v) is 6.45. The lowest BCUT2D eigenvalue weighted by molar-refractivity contribution is -0.125. The molecule has 0 aliphatic carbocycles. The zero-order chi connectivity index (χ0) is 20.2. The number of piperidine rings is 1. The SMILES string of the molecule is CCOc1ccccc1CNC(=O)C1CCN(c2nccc3sc(C)cc23)CC1. The van der Waals surface area contributed by atoms with Gasteiger partial charge in [0.1, 0.15) is 11.6 Å². The van der Waals surface area contributed by atoms with Crippen LogP contribution in [0.1, 0.15) is 30.2 Å². The van der Waals surface area contributed by atoms with E-state index in [1.165, 1.54) is 15.0 Å². The first-order valence-corrected chi connectivity index (χ1v) is 11.1. The van der Waals surface area contributed by atoms with Gasteiger partial charge in [-0.3, -0.25) is 4.79 Å². The Bertz CT molecular complexity index is 993. The average molecular weight is 410 g/mol. The van der Waals surface area contributed by atoms with Crippen molar-refractivity contribution < 1.29 is 9.53 Å². The number of hydrogen-bond acceptors (Lipinski definition) is 5. The number of para-hydroxylation sites is 1. The third kappa shape index (κ3) is 4.37. The van der Waals surface area contributed by atoms with Crippen LogP contribution < -0.4 is 15.0 Å². The second-order valence-corrected chi connectivity index (χ2v) is 8.71. The Hall–Kier alpha value is -2.60. The zero-order valence-electron chi connectivity index (χ0n) is 17.0. The van der Waals surface area contributed by atoms with Crippen LogP contribution in [0.25, 0.3) is 10.1 Å². The van der Waals surface area contributed by atoms with Crippen molar-refractivity contribution in [1.82, 2.24) is 10.3 Å². The first-order chi connectivity index (χ1) is 14.2. The molecule has 1 aromatic carbocycles. The van der Waals surface area contributed by atoms with Gasteiger partial charge in [-0.15, -0.1) is 11.3 Å². The van der Waals surface area contributed by atoms with E-state index in [0.29, 0.717) is 13.2 Å². The molecule has 2 aromatic heterocycles. The predicted octanol–water partition coefficient (Wildman–Crippen LogP) is 4.54. The number of rotatable bonds is 6. The number of nitrogens with zero attached hydrogens (tertiary/aromatic N) is 2. The molecule has 0 unspecified atom stereocenters. The lowest BCUT2D eigenvalue weighted by atomic mass is 9.95. The summed E-state index contributed by atoms with van der Waals surface area (Å²) in [6.45, 7) is 6.94. The van der Waals surface area contributed by atoms with Crippen molar-refractivity contribution in [1.29, 1.82) is 0 Å². The van der Waals surface area contributed by atoms with E-state index in [2.05, 4.69) is 34.3 Å². The lowest BCUT2D eigenvalue weighted by Crippen LogP contribution is -2.40. The Kier molecular flexibility index (Phi) is 6.00. The maximum absolute atomic E-state index is 12.7. The summed E-state index contributed by atoms with van der Waals surface area (Å²) in [6, 6.07) is 12.2. The highest BCUT2D eigenvalue weighted by atomic mass is 32.1. The maximum atomic E-state index is 12.7. The number of aromatic nitrogens is 1. The Morgan fingerprint density at radius 1 is 1.28 bits per heavy atom. The molecule has 152 valence electrons. The van der Waals surface area contributed by atoms with Crippen LogP contribution in [0.2, 0.25) is 0 Å². The molecular formula is C23H27N3O2S. The number of aryl methyl sites for hydroxylation is 1. The molecule has 0 saturated carbocycles. The highest BCUT2D eigenvalue weighted by molar-refractivity contribution is 7.19. The van der Waals surface area contributed by atoms with E-state index < -0.39 is 0 Å². The molecule has 29 heavy (non-hydrogen) atoms. The number of nitrogens with one attached hydrogen (secondary N) is 1. The fourth-order valence-corrected chi connectivity index (χ4v) is 4.87. The Morgan fingerprint density at radius 2 is 2.07 bits per heavy atom. The summed E-state index contributed by atoms with van der Waals surface area (Å²) in [5, 5.41) is 4.33. The van der Waals surface area contributed by atoms with Crippen LogP contribution in [0, 0.1) is 12.8 Å². The summed E-state index contributed by atoms with van der Waals surface area (Å²) in [7, 11) is 0. The van der Waals surface area contributed by atoms with E-state index >= 15 is 0 Å². The molecule has 4 rings (SSSR count). The molecule has 1 aliphatic rings. The number of ether oxygens (including phenoxy) is 1. The minimum absolute atomic E-state index is 0.0499. The van der Waals surface area contributed by atoms with E-state index in [1.54, 1.807) is 11.3 Å². The number of hydrogen-bond donors (Lipinski definition) is 1. The summed E-state index contributed by atoms with van der Waals surface area (Å²) in [6.07, 6.45) is 3.59. The van der Waals surface area contributed by atoms with Gasteiger partial charge in [0.05, 0.1) is 6.61 Å². The maximum Gasteiger partial charge on any atom is 0.223 e. The standard InChI is InChI=1S/C23H27N3O2S/c1-3-28-20-7-5-4-6-18(20)15-25-23(27)17-9-12-26(13-10-17)22-19-14-16(2)29-21(19)8-11-24-22/h4-8,11,14,17H,3,9-10,12-13,15H2,1-2H3,(H,25,27). The average Bonchev–Trinajstić information content (AvgIpc) is 3.13. The molecular weight excluding hydrogens is 382 g/mol. The van der Waals surface area contributed by atoms with Gasteiger partial charge in [-0.25, -0.2) is 4.98 Å². The second-order valence-electron chi connectivity index (χ2n) is 7.42. The van der Waals surface area contributed by atoms with E-state index in [1.807, 2.05) is 37.4 Å². The number of fused-ring (bicyclic) bond motifs is 1. The summed E-state index contributed by atoms with van der Waals surface area (Å²) in [5.74, 6) is 2.08.